The van der Waals surface area contributed by atoms with Crippen LogP contribution in [0.2, 0.25) is 0 Å². The van der Waals surface area contributed by atoms with Crippen molar-refractivity contribution in [3.05, 3.63) is 46.2 Å². The standard InChI is InChI=1S/C13H15BrFN3O/c1-2-6-18-12(16-8-17-18)7-11(19)9-4-3-5-10(14)13(9)15/h3-5,8,11,19H,2,6-7H2,1H3. The maximum absolute atomic E-state index is 13.9. The second kappa shape index (κ2) is 6.25. The summed E-state index contributed by atoms with van der Waals surface area (Å²) in [5.74, 6) is 0.227. The van der Waals surface area contributed by atoms with Gasteiger partial charge in [-0.3, -0.25) is 4.68 Å². The molecule has 0 spiro atoms. The number of aromatic nitrogens is 3. The van der Waals surface area contributed by atoms with Crippen LogP contribution in [0.5, 0.6) is 0 Å². The number of aliphatic hydroxyl groups is 1. The predicted molar refractivity (Wildman–Crippen MR) is 73.1 cm³/mol. The molecule has 0 aliphatic rings. The van der Waals surface area contributed by atoms with Gasteiger partial charge in [-0.05, 0) is 28.4 Å². The summed E-state index contributed by atoms with van der Waals surface area (Å²) in [5.41, 5.74) is 0.264. The van der Waals surface area contributed by atoms with Gasteiger partial charge in [0.05, 0.1) is 10.6 Å². The molecule has 1 N–H and O–H groups in total. The number of aliphatic hydroxyl groups excluding tert-OH is 1. The van der Waals surface area contributed by atoms with Crippen LogP contribution in [0.4, 0.5) is 4.39 Å². The lowest BCUT2D eigenvalue weighted by atomic mass is 10.1. The van der Waals surface area contributed by atoms with E-state index in [1.165, 1.54) is 6.33 Å². The van der Waals surface area contributed by atoms with E-state index in [9.17, 15) is 9.50 Å². The second-order valence-electron chi connectivity index (χ2n) is 4.26. The Labute approximate surface area is 119 Å². The van der Waals surface area contributed by atoms with Gasteiger partial charge in [0.25, 0.3) is 0 Å². The highest BCUT2D eigenvalue weighted by molar-refractivity contribution is 9.10. The van der Waals surface area contributed by atoms with Crippen LogP contribution < -0.4 is 0 Å². The zero-order chi connectivity index (χ0) is 13.8. The smallest absolute Gasteiger partial charge is 0.143 e. The van der Waals surface area contributed by atoms with E-state index in [0.29, 0.717) is 10.3 Å². The quantitative estimate of drug-likeness (QED) is 0.918. The maximum Gasteiger partial charge on any atom is 0.143 e. The van der Waals surface area contributed by atoms with E-state index in [0.717, 1.165) is 13.0 Å². The summed E-state index contributed by atoms with van der Waals surface area (Å²) in [6.07, 6.45) is 1.69. The molecule has 4 nitrogen and oxygen atoms in total. The third-order valence-electron chi connectivity index (χ3n) is 2.85. The molecule has 2 rings (SSSR count). The maximum atomic E-state index is 13.9. The highest BCUT2D eigenvalue weighted by Crippen LogP contribution is 2.25. The molecule has 0 saturated heterocycles. The number of benzene rings is 1. The molecule has 1 atom stereocenters. The van der Waals surface area contributed by atoms with Gasteiger partial charge in [-0.25, -0.2) is 9.37 Å². The Hall–Kier alpha value is -1.27. The summed E-state index contributed by atoms with van der Waals surface area (Å²) in [5, 5.41) is 14.2. The number of nitrogens with zero attached hydrogens (tertiary/aromatic N) is 3. The van der Waals surface area contributed by atoms with E-state index in [2.05, 4.69) is 26.0 Å². The SMILES string of the molecule is CCCn1ncnc1CC(O)c1cccc(Br)c1F. The lowest BCUT2D eigenvalue weighted by Gasteiger charge is -2.13. The monoisotopic (exact) mass is 327 g/mol. The van der Waals surface area contributed by atoms with Crippen molar-refractivity contribution in [2.75, 3.05) is 0 Å². The Morgan fingerprint density at radius 3 is 3.00 bits per heavy atom. The minimum atomic E-state index is -0.933. The summed E-state index contributed by atoms with van der Waals surface area (Å²) < 4.78 is 16.0. The molecule has 0 bridgehead atoms. The van der Waals surface area contributed by atoms with Crippen molar-refractivity contribution in [3.63, 3.8) is 0 Å². The Bertz CT molecular complexity index is 559. The van der Waals surface area contributed by atoms with Gasteiger partial charge < -0.3 is 5.11 Å². The van der Waals surface area contributed by atoms with Gasteiger partial charge >= 0.3 is 0 Å². The van der Waals surface area contributed by atoms with Crippen molar-refractivity contribution in [2.45, 2.75) is 32.4 Å². The van der Waals surface area contributed by atoms with Gasteiger partial charge in [-0.2, -0.15) is 5.10 Å². The lowest BCUT2D eigenvalue weighted by Crippen LogP contribution is -2.11. The first-order valence-electron chi connectivity index (χ1n) is 6.12. The Morgan fingerprint density at radius 2 is 2.26 bits per heavy atom. The molecule has 0 amide bonds. The molecule has 2 aromatic rings. The minimum Gasteiger partial charge on any atom is -0.388 e. The molecule has 0 fully saturated rings. The zero-order valence-electron chi connectivity index (χ0n) is 10.6. The summed E-state index contributed by atoms with van der Waals surface area (Å²) in [7, 11) is 0. The fourth-order valence-electron chi connectivity index (χ4n) is 1.91. The van der Waals surface area contributed by atoms with Crippen molar-refractivity contribution in [2.24, 2.45) is 0 Å². The Morgan fingerprint density at radius 1 is 1.47 bits per heavy atom. The van der Waals surface area contributed by atoms with Crippen LogP contribution in [-0.2, 0) is 13.0 Å². The molecule has 19 heavy (non-hydrogen) atoms. The van der Waals surface area contributed by atoms with Crippen molar-refractivity contribution in [1.82, 2.24) is 14.8 Å². The number of hydrogen-bond acceptors (Lipinski definition) is 3. The lowest BCUT2D eigenvalue weighted by molar-refractivity contribution is 0.169. The average molecular weight is 328 g/mol. The largest absolute Gasteiger partial charge is 0.388 e. The van der Waals surface area contributed by atoms with E-state index in [1.807, 2.05) is 6.92 Å². The molecule has 0 radical (unpaired) electrons. The third kappa shape index (κ3) is 3.19. The van der Waals surface area contributed by atoms with Gasteiger partial charge in [0.1, 0.15) is 18.0 Å². The van der Waals surface area contributed by atoms with Crippen molar-refractivity contribution in [1.29, 1.82) is 0 Å². The van der Waals surface area contributed by atoms with E-state index >= 15 is 0 Å². The molecular weight excluding hydrogens is 313 g/mol. The first-order valence-corrected chi connectivity index (χ1v) is 6.91. The van der Waals surface area contributed by atoms with Gasteiger partial charge in [0, 0.05) is 18.5 Å². The van der Waals surface area contributed by atoms with E-state index in [-0.39, 0.29) is 12.0 Å². The predicted octanol–water partition coefficient (Wildman–Crippen LogP) is 2.87. The number of rotatable bonds is 5. The topological polar surface area (TPSA) is 50.9 Å². The molecular formula is C13H15BrFN3O. The van der Waals surface area contributed by atoms with E-state index in [4.69, 9.17) is 0 Å². The molecule has 1 aromatic carbocycles. The van der Waals surface area contributed by atoms with Gasteiger partial charge in [-0.1, -0.05) is 19.1 Å². The molecule has 1 unspecified atom stereocenters. The molecule has 6 heteroatoms. The molecule has 1 aromatic heterocycles. The van der Waals surface area contributed by atoms with Gasteiger partial charge in [0.15, 0.2) is 0 Å². The van der Waals surface area contributed by atoms with Crippen molar-refractivity contribution in [3.8, 4) is 0 Å². The highest BCUT2D eigenvalue weighted by Gasteiger charge is 2.17. The zero-order valence-corrected chi connectivity index (χ0v) is 12.1. The number of hydrogen-bond donors (Lipinski definition) is 1. The highest BCUT2D eigenvalue weighted by atomic mass is 79.9. The Balaban J connectivity index is 2.18. The van der Waals surface area contributed by atoms with Gasteiger partial charge in [-0.15, -0.1) is 0 Å². The molecule has 0 aliphatic heterocycles. The second-order valence-corrected chi connectivity index (χ2v) is 5.12. The molecule has 102 valence electrons. The Kier molecular flexibility index (Phi) is 4.66. The third-order valence-corrected chi connectivity index (χ3v) is 3.46. The van der Waals surface area contributed by atoms with Crippen LogP contribution in [0.1, 0.15) is 30.8 Å². The van der Waals surface area contributed by atoms with Crippen LogP contribution in [0.25, 0.3) is 0 Å². The van der Waals surface area contributed by atoms with Crippen LogP contribution in [0.3, 0.4) is 0 Å². The number of halogens is 2. The summed E-state index contributed by atoms with van der Waals surface area (Å²) >= 11 is 3.11. The fraction of sp³-hybridized carbons (Fsp3) is 0.385. The van der Waals surface area contributed by atoms with E-state index < -0.39 is 11.9 Å². The van der Waals surface area contributed by atoms with Crippen molar-refractivity contribution < 1.29 is 9.50 Å². The van der Waals surface area contributed by atoms with Crippen LogP contribution in [0.15, 0.2) is 29.0 Å². The first kappa shape index (κ1) is 14.1. The van der Waals surface area contributed by atoms with Crippen LogP contribution in [-0.4, -0.2) is 19.9 Å². The minimum absolute atomic E-state index is 0.243. The van der Waals surface area contributed by atoms with Crippen LogP contribution in [0, 0.1) is 5.82 Å². The summed E-state index contributed by atoms with van der Waals surface area (Å²) in [6, 6.07) is 4.87. The van der Waals surface area contributed by atoms with E-state index in [1.54, 1.807) is 22.9 Å². The molecule has 1 heterocycles. The molecule has 0 aliphatic carbocycles. The normalized spacial score (nSPS) is 12.6. The van der Waals surface area contributed by atoms with Gasteiger partial charge in [0.2, 0.25) is 0 Å². The van der Waals surface area contributed by atoms with Crippen molar-refractivity contribution >= 4 is 15.9 Å². The average Bonchev–Trinajstić information content (AvgIpc) is 2.80. The molecule has 0 saturated carbocycles. The van der Waals surface area contributed by atoms with Crippen LogP contribution >= 0.6 is 15.9 Å². The fourth-order valence-corrected chi connectivity index (χ4v) is 2.29. The summed E-state index contributed by atoms with van der Waals surface area (Å²) in [4.78, 5) is 4.11. The number of aryl methyl sites for hydroxylation is 1. The summed E-state index contributed by atoms with van der Waals surface area (Å²) in [6.45, 7) is 2.78. The first-order chi connectivity index (χ1) is 9.13.